The van der Waals surface area contributed by atoms with Gasteiger partial charge in [-0.25, -0.2) is 14.6 Å². The van der Waals surface area contributed by atoms with Crippen LogP contribution < -0.4 is 5.73 Å². The van der Waals surface area contributed by atoms with E-state index in [1.54, 1.807) is 35.9 Å². The average molecular weight is 381 g/mol. The number of hydrogen-bond donors (Lipinski definition) is 2. The Morgan fingerprint density at radius 2 is 2.04 bits per heavy atom. The first-order chi connectivity index (χ1) is 12.8. The zero-order chi connectivity index (χ0) is 19.2. The number of anilines is 1. The molecule has 0 aliphatic rings. The molecule has 27 heavy (non-hydrogen) atoms. The fourth-order valence-electron chi connectivity index (χ4n) is 2.78. The summed E-state index contributed by atoms with van der Waals surface area (Å²) < 4.78 is 2.63. The first kappa shape index (κ1) is 17.5. The number of fused-ring (bicyclic) bond motifs is 1. The second kappa shape index (κ2) is 6.36. The Morgan fingerprint density at radius 1 is 1.22 bits per heavy atom. The third kappa shape index (κ3) is 3.38. The molecule has 4 aromatic rings. The molecule has 8 nitrogen and oxygen atoms in total. The van der Waals surface area contributed by atoms with E-state index < -0.39 is 5.60 Å². The highest BCUT2D eigenvalue weighted by molar-refractivity contribution is 7.17. The molecule has 0 spiro atoms. The molecule has 0 radical (unpaired) electrons. The first-order valence-electron chi connectivity index (χ1n) is 8.42. The van der Waals surface area contributed by atoms with Crippen molar-refractivity contribution in [2.75, 3.05) is 5.73 Å². The van der Waals surface area contributed by atoms with Crippen molar-refractivity contribution in [2.45, 2.75) is 32.9 Å². The molecule has 0 amide bonds. The van der Waals surface area contributed by atoms with Crippen LogP contribution >= 0.6 is 11.3 Å². The molecule has 0 fully saturated rings. The van der Waals surface area contributed by atoms with Gasteiger partial charge in [0.2, 0.25) is 5.95 Å². The van der Waals surface area contributed by atoms with Crippen LogP contribution in [0.25, 0.3) is 21.6 Å². The van der Waals surface area contributed by atoms with Gasteiger partial charge in [0, 0.05) is 0 Å². The molecule has 0 bridgehead atoms. The highest BCUT2D eigenvalue weighted by Crippen LogP contribution is 2.32. The molecule has 0 atom stereocenters. The van der Waals surface area contributed by atoms with Gasteiger partial charge in [-0.3, -0.25) is 4.98 Å². The van der Waals surface area contributed by atoms with Gasteiger partial charge in [0.05, 0.1) is 34.3 Å². The minimum absolute atomic E-state index is 0.216. The molecule has 0 saturated carbocycles. The Balaban J connectivity index is 1.67. The van der Waals surface area contributed by atoms with Crippen LogP contribution in [0.3, 0.4) is 0 Å². The maximum Gasteiger partial charge on any atom is 0.221 e. The van der Waals surface area contributed by atoms with Crippen LogP contribution in [0.5, 0.6) is 0 Å². The lowest BCUT2D eigenvalue weighted by Crippen LogP contribution is -2.18. The lowest BCUT2D eigenvalue weighted by molar-refractivity contribution is 0.0736. The van der Waals surface area contributed by atoms with E-state index in [9.17, 15) is 5.11 Å². The molecule has 0 saturated heterocycles. The summed E-state index contributed by atoms with van der Waals surface area (Å²) in [5.74, 6) is 0.216. The minimum Gasteiger partial charge on any atom is -0.384 e. The Kier molecular flexibility index (Phi) is 4.12. The Hall–Kier alpha value is -2.91. The van der Waals surface area contributed by atoms with Gasteiger partial charge >= 0.3 is 0 Å². The molecule has 9 heteroatoms. The number of nitrogens with two attached hydrogens (primary N) is 1. The molecule has 138 valence electrons. The van der Waals surface area contributed by atoms with Crippen molar-refractivity contribution in [3.05, 3.63) is 46.7 Å². The number of nitrogens with zero attached hydrogens (tertiary/aromatic N) is 6. The standard InChI is InChI=1S/C18H19N7OS/c1-10-9-27-16-14(10)21-17(19)22-15(16)12-8-25(24-23-12)7-11-5-4-6-13(20-11)18(2,3)26/h4-6,8-9,26H,7H2,1-3H3,(H2,19,21,22). The van der Waals surface area contributed by atoms with Gasteiger partial charge in [-0.2, -0.15) is 0 Å². The van der Waals surface area contributed by atoms with E-state index in [2.05, 4.69) is 25.3 Å². The SMILES string of the molecule is Cc1csc2c(-c3cn(Cc4cccc(C(C)(C)O)n4)nn3)nc(N)nc12. The van der Waals surface area contributed by atoms with E-state index in [-0.39, 0.29) is 5.95 Å². The largest absolute Gasteiger partial charge is 0.384 e. The molecule has 0 aliphatic heterocycles. The van der Waals surface area contributed by atoms with E-state index in [0.29, 0.717) is 23.6 Å². The van der Waals surface area contributed by atoms with E-state index in [1.165, 1.54) is 0 Å². The number of rotatable bonds is 4. The molecule has 4 rings (SSSR count). The van der Waals surface area contributed by atoms with Crippen molar-refractivity contribution in [3.8, 4) is 11.4 Å². The maximum atomic E-state index is 10.1. The Bertz CT molecular complexity index is 1130. The van der Waals surface area contributed by atoms with Gasteiger partial charge in [0.25, 0.3) is 0 Å². The van der Waals surface area contributed by atoms with Gasteiger partial charge in [-0.1, -0.05) is 11.3 Å². The summed E-state index contributed by atoms with van der Waals surface area (Å²) in [7, 11) is 0. The first-order valence-corrected chi connectivity index (χ1v) is 9.30. The van der Waals surface area contributed by atoms with Crippen molar-refractivity contribution in [1.82, 2.24) is 29.9 Å². The third-order valence-corrected chi connectivity index (χ3v) is 5.24. The van der Waals surface area contributed by atoms with Crippen LogP contribution in [0, 0.1) is 6.92 Å². The lowest BCUT2D eigenvalue weighted by Gasteiger charge is -2.17. The van der Waals surface area contributed by atoms with Gasteiger partial charge in [-0.05, 0) is 43.8 Å². The number of thiophene rings is 1. The number of aryl methyl sites for hydroxylation is 1. The highest BCUT2D eigenvalue weighted by Gasteiger charge is 2.18. The van der Waals surface area contributed by atoms with E-state index >= 15 is 0 Å². The molecule has 4 aromatic heterocycles. The fourth-order valence-corrected chi connectivity index (χ4v) is 3.77. The minimum atomic E-state index is -0.995. The van der Waals surface area contributed by atoms with Gasteiger partial charge in [0.15, 0.2) is 0 Å². The number of pyridine rings is 1. The number of nitrogen functional groups attached to an aromatic ring is 1. The van der Waals surface area contributed by atoms with Crippen molar-refractivity contribution in [3.63, 3.8) is 0 Å². The summed E-state index contributed by atoms with van der Waals surface area (Å²) in [4.78, 5) is 13.2. The molecular formula is C18H19N7OS. The van der Waals surface area contributed by atoms with Gasteiger partial charge < -0.3 is 10.8 Å². The molecule has 0 unspecified atom stereocenters. The van der Waals surface area contributed by atoms with Crippen LogP contribution in [-0.4, -0.2) is 35.1 Å². The zero-order valence-corrected chi connectivity index (χ0v) is 16.0. The second-order valence-corrected chi connectivity index (χ2v) is 7.78. The van der Waals surface area contributed by atoms with E-state index in [0.717, 1.165) is 21.5 Å². The van der Waals surface area contributed by atoms with Crippen molar-refractivity contribution in [2.24, 2.45) is 0 Å². The van der Waals surface area contributed by atoms with Crippen LogP contribution in [0.15, 0.2) is 29.8 Å². The van der Waals surface area contributed by atoms with Crippen molar-refractivity contribution in [1.29, 1.82) is 0 Å². The normalized spacial score (nSPS) is 12.0. The summed E-state index contributed by atoms with van der Waals surface area (Å²) in [6, 6.07) is 5.56. The van der Waals surface area contributed by atoms with Crippen LogP contribution in [0.1, 0.15) is 30.8 Å². The second-order valence-electron chi connectivity index (χ2n) is 6.90. The van der Waals surface area contributed by atoms with Crippen LogP contribution in [0.4, 0.5) is 5.95 Å². The lowest BCUT2D eigenvalue weighted by atomic mass is 10.0. The predicted molar refractivity (Wildman–Crippen MR) is 104 cm³/mol. The van der Waals surface area contributed by atoms with Gasteiger partial charge in [0.1, 0.15) is 17.0 Å². The number of aromatic nitrogens is 6. The number of hydrogen-bond acceptors (Lipinski definition) is 8. The van der Waals surface area contributed by atoms with Crippen LogP contribution in [-0.2, 0) is 12.1 Å². The van der Waals surface area contributed by atoms with Crippen molar-refractivity contribution >= 4 is 27.5 Å². The quantitative estimate of drug-likeness (QED) is 0.558. The van der Waals surface area contributed by atoms with Crippen LogP contribution in [0.2, 0.25) is 0 Å². The summed E-state index contributed by atoms with van der Waals surface area (Å²) in [5.41, 5.74) is 9.49. The smallest absolute Gasteiger partial charge is 0.221 e. The highest BCUT2D eigenvalue weighted by atomic mass is 32.1. The number of aliphatic hydroxyl groups is 1. The van der Waals surface area contributed by atoms with E-state index in [4.69, 9.17) is 5.73 Å². The Labute approximate surface area is 159 Å². The summed E-state index contributed by atoms with van der Waals surface area (Å²) in [6.07, 6.45) is 1.81. The fraction of sp³-hybridized carbons (Fsp3) is 0.278. The van der Waals surface area contributed by atoms with Gasteiger partial charge in [-0.15, -0.1) is 16.4 Å². The van der Waals surface area contributed by atoms with E-state index in [1.807, 2.05) is 30.6 Å². The predicted octanol–water partition coefficient (Wildman–Crippen LogP) is 2.51. The molecular weight excluding hydrogens is 362 g/mol. The maximum absolute atomic E-state index is 10.1. The molecule has 0 aliphatic carbocycles. The summed E-state index contributed by atoms with van der Waals surface area (Å²) in [6.45, 7) is 5.85. The summed E-state index contributed by atoms with van der Waals surface area (Å²) in [5, 5.41) is 20.6. The molecule has 0 aromatic carbocycles. The summed E-state index contributed by atoms with van der Waals surface area (Å²) >= 11 is 1.56. The Morgan fingerprint density at radius 3 is 2.81 bits per heavy atom. The molecule has 4 heterocycles. The zero-order valence-electron chi connectivity index (χ0n) is 15.2. The molecule has 3 N–H and O–H groups in total. The average Bonchev–Trinajstić information content (AvgIpc) is 3.21. The third-order valence-electron chi connectivity index (χ3n) is 4.15. The monoisotopic (exact) mass is 381 g/mol. The topological polar surface area (TPSA) is 116 Å². The van der Waals surface area contributed by atoms with Crippen molar-refractivity contribution < 1.29 is 5.11 Å².